The second-order valence-corrected chi connectivity index (χ2v) is 5.47. The quantitative estimate of drug-likeness (QED) is 0.755. The van der Waals surface area contributed by atoms with Gasteiger partial charge in [-0.15, -0.1) is 0 Å². The zero-order chi connectivity index (χ0) is 11.6. The second kappa shape index (κ2) is 4.63. The normalized spacial score (nSPS) is 16.1. The maximum Gasteiger partial charge on any atom is 0.0771 e. The van der Waals surface area contributed by atoms with Crippen molar-refractivity contribution in [2.45, 2.75) is 59.1 Å². The first kappa shape index (κ1) is 13.9. The molecule has 0 aliphatic heterocycles. The van der Waals surface area contributed by atoms with Crippen LogP contribution in [-0.4, -0.2) is 35.7 Å². The van der Waals surface area contributed by atoms with Gasteiger partial charge in [0.25, 0.3) is 0 Å². The molecule has 0 amide bonds. The number of nitrogens with zero attached hydrogens (tertiary/aromatic N) is 1. The SMILES string of the molecule is CCC(CC)(C(O)C(C)(C)C)N(C)C. The molecule has 0 spiro atoms. The molecule has 0 aliphatic carbocycles. The summed E-state index contributed by atoms with van der Waals surface area (Å²) in [5.41, 5.74) is -0.144. The first-order chi connectivity index (χ1) is 6.22. The summed E-state index contributed by atoms with van der Waals surface area (Å²) in [5, 5.41) is 10.4. The molecule has 0 saturated heterocycles. The Morgan fingerprint density at radius 2 is 1.43 bits per heavy atom. The van der Waals surface area contributed by atoms with Crippen molar-refractivity contribution in [2.75, 3.05) is 14.1 Å². The molecule has 0 bridgehead atoms. The summed E-state index contributed by atoms with van der Waals surface area (Å²) in [6, 6.07) is 0. The van der Waals surface area contributed by atoms with Gasteiger partial charge in [-0.05, 0) is 32.4 Å². The predicted octanol–water partition coefficient (Wildman–Crippen LogP) is 2.51. The van der Waals surface area contributed by atoms with Crippen LogP contribution in [0.1, 0.15) is 47.5 Å². The van der Waals surface area contributed by atoms with E-state index in [9.17, 15) is 5.11 Å². The van der Waals surface area contributed by atoms with E-state index < -0.39 is 0 Å². The third-order valence-electron chi connectivity index (χ3n) is 3.44. The molecule has 2 heteroatoms. The highest BCUT2D eigenvalue weighted by molar-refractivity contribution is 4.97. The van der Waals surface area contributed by atoms with Crippen LogP contribution in [0.15, 0.2) is 0 Å². The number of likely N-dealkylation sites (N-methyl/N-ethyl adjacent to an activating group) is 1. The molecule has 0 heterocycles. The van der Waals surface area contributed by atoms with E-state index in [2.05, 4.69) is 53.6 Å². The maximum absolute atomic E-state index is 10.4. The van der Waals surface area contributed by atoms with Gasteiger partial charge in [-0.1, -0.05) is 34.6 Å². The molecule has 0 rings (SSSR count). The second-order valence-electron chi connectivity index (χ2n) is 5.47. The zero-order valence-electron chi connectivity index (χ0n) is 10.9. The Morgan fingerprint density at radius 1 is 1.07 bits per heavy atom. The van der Waals surface area contributed by atoms with Crippen molar-refractivity contribution >= 4 is 0 Å². The molecule has 0 aliphatic rings. The Kier molecular flexibility index (Phi) is 4.60. The van der Waals surface area contributed by atoms with E-state index in [1.807, 2.05) is 0 Å². The van der Waals surface area contributed by atoms with Crippen molar-refractivity contribution in [1.82, 2.24) is 4.90 Å². The Hall–Kier alpha value is -0.0800. The minimum Gasteiger partial charge on any atom is -0.391 e. The fraction of sp³-hybridized carbons (Fsp3) is 1.00. The molecule has 0 saturated carbocycles. The molecule has 1 atom stereocenters. The van der Waals surface area contributed by atoms with E-state index in [1.54, 1.807) is 0 Å². The molecule has 1 N–H and O–H groups in total. The highest BCUT2D eigenvalue weighted by Gasteiger charge is 2.42. The minimum atomic E-state index is -0.292. The summed E-state index contributed by atoms with van der Waals surface area (Å²) in [4.78, 5) is 2.17. The predicted molar refractivity (Wildman–Crippen MR) is 62.5 cm³/mol. The van der Waals surface area contributed by atoms with Gasteiger partial charge >= 0.3 is 0 Å². The minimum absolute atomic E-state index is 0.0592. The Labute approximate surface area is 89.3 Å². The highest BCUT2D eigenvalue weighted by Crippen LogP contribution is 2.35. The van der Waals surface area contributed by atoms with E-state index in [0.29, 0.717) is 0 Å². The fourth-order valence-corrected chi connectivity index (χ4v) is 2.32. The molecule has 86 valence electrons. The lowest BCUT2D eigenvalue weighted by Gasteiger charge is -2.47. The van der Waals surface area contributed by atoms with Crippen molar-refractivity contribution in [3.8, 4) is 0 Å². The van der Waals surface area contributed by atoms with Gasteiger partial charge in [-0.2, -0.15) is 0 Å². The van der Waals surface area contributed by atoms with Gasteiger partial charge in [0.05, 0.1) is 6.10 Å². The van der Waals surface area contributed by atoms with Crippen LogP contribution >= 0.6 is 0 Å². The third kappa shape index (κ3) is 2.48. The monoisotopic (exact) mass is 201 g/mol. The first-order valence-corrected chi connectivity index (χ1v) is 5.57. The molecule has 0 radical (unpaired) electrons. The largest absolute Gasteiger partial charge is 0.391 e. The lowest BCUT2D eigenvalue weighted by atomic mass is 9.73. The van der Waals surface area contributed by atoms with Crippen LogP contribution in [0.5, 0.6) is 0 Å². The molecule has 2 nitrogen and oxygen atoms in total. The van der Waals surface area contributed by atoms with Crippen molar-refractivity contribution < 1.29 is 5.11 Å². The zero-order valence-corrected chi connectivity index (χ0v) is 10.9. The van der Waals surface area contributed by atoms with Crippen molar-refractivity contribution in [3.63, 3.8) is 0 Å². The first-order valence-electron chi connectivity index (χ1n) is 5.57. The maximum atomic E-state index is 10.4. The molecule has 0 aromatic carbocycles. The molecule has 0 fully saturated rings. The summed E-state index contributed by atoms with van der Waals surface area (Å²) in [7, 11) is 4.12. The van der Waals surface area contributed by atoms with Crippen LogP contribution in [0, 0.1) is 5.41 Å². The van der Waals surface area contributed by atoms with Gasteiger partial charge in [-0.25, -0.2) is 0 Å². The Balaban J connectivity index is 5.00. The van der Waals surface area contributed by atoms with E-state index in [4.69, 9.17) is 0 Å². The van der Waals surface area contributed by atoms with Crippen molar-refractivity contribution in [3.05, 3.63) is 0 Å². The molecular weight excluding hydrogens is 174 g/mol. The average Bonchev–Trinajstić information content (AvgIpc) is 2.05. The molecule has 0 aromatic rings. The molecule has 1 unspecified atom stereocenters. The van der Waals surface area contributed by atoms with Crippen LogP contribution in [0.4, 0.5) is 0 Å². The van der Waals surface area contributed by atoms with Gasteiger partial charge in [0.2, 0.25) is 0 Å². The van der Waals surface area contributed by atoms with E-state index in [1.165, 1.54) is 0 Å². The van der Waals surface area contributed by atoms with Crippen molar-refractivity contribution in [2.24, 2.45) is 5.41 Å². The summed E-state index contributed by atoms with van der Waals surface area (Å²) in [6.07, 6.45) is 1.67. The van der Waals surface area contributed by atoms with Gasteiger partial charge in [-0.3, -0.25) is 0 Å². The van der Waals surface area contributed by atoms with E-state index >= 15 is 0 Å². The summed E-state index contributed by atoms with van der Waals surface area (Å²) >= 11 is 0. The Bertz CT molecular complexity index is 166. The van der Waals surface area contributed by atoms with Crippen molar-refractivity contribution in [1.29, 1.82) is 0 Å². The Morgan fingerprint density at radius 3 is 1.50 bits per heavy atom. The lowest BCUT2D eigenvalue weighted by Crippen LogP contribution is -2.57. The number of aliphatic hydroxyl groups excluding tert-OH is 1. The van der Waals surface area contributed by atoms with E-state index in [0.717, 1.165) is 12.8 Å². The van der Waals surface area contributed by atoms with E-state index in [-0.39, 0.29) is 17.1 Å². The molecular formula is C12H27NO. The fourth-order valence-electron chi connectivity index (χ4n) is 2.32. The molecule has 0 aromatic heterocycles. The number of hydrogen-bond donors (Lipinski definition) is 1. The van der Waals surface area contributed by atoms with Crippen LogP contribution in [-0.2, 0) is 0 Å². The van der Waals surface area contributed by atoms with Gasteiger partial charge < -0.3 is 10.0 Å². The summed E-state index contributed by atoms with van der Waals surface area (Å²) in [5.74, 6) is 0. The van der Waals surface area contributed by atoms with Gasteiger partial charge in [0.15, 0.2) is 0 Å². The topological polar surface area (TPSA) is 23.5 Å². The molecule has 14 heavy (non-hydrogen) atoms. The van der Waals surface area contributed by atoms with Gasteiger partial charge in [0, 0.05) is 5.54 Å². The smallest absolute Gasteiger partial charge is 0.0771 e. The number of rotatable bonds is 4. The number of hydrogen-bond acceptors (Lipinski definition) is 2. The summed E-state index contributed by atoms with van der Waals surface area (Å²) in [6.45, 7) is 10.6. The van der Waals surface area contributed by atoms with Crippen LogP contribution in [0.3, 0.4) is 0 Å². The lowest BCUT2D eigenvalue weighted by molar-refractivity contribution is -0.0719. The van der Waals surface area contributed by atoms with Crippen LogP contribution in [0.25, 0.3) is 0 Å². The van der Waals surface area contributed by atoms with Crippen LogP contribution in [0.2, 0.25) is 0 Å². The number of aliphatic hydroxyl groups is 1. The van der Waals surface area contributed by atoms with Gasteiger partial charge in [0.1, 0.15) is 0 Å². The standard InChI is InChI=1S/C12H27NO/c1-8-12(9-2,13(6)7)10(14)11(3,4)5/h10,14H,8-9H2,1-7H3. The van der Waals surface area contributed by atoms with Crippen LogP contribution < -0.4 is 0 Å². The highest BCUT2D eigenvalue weighted by atomic mass is 16.3. The summed E-state index contributed by atoms with van der Waals surface area (Å²) < 4.78 is 0. The average molecular weight is 201 g/mol. The third-order valence-corrected chi connectivity index (χ3v) is 3.44.